The molecule has 1 aromatic heterocycles. The maximum Gasteiger partial charge on any atom is 0.335 e. The van der Waals surface area contributed by atoms with Crippen LogP contribution in [0, 0.1) is 4.77 Å². The van der Waals surface area contributed by atoms with Crippen molar-refractivity contribution in [1.29, 1.82) is 0 Å². The van der Waals surface area contributed by atoms with Crippen molar-refractivity contribution in [3.05, 3.63) is 68.2 Å². The van der Waals surface area contributed by atoms with Crippen LogP contribution in [-0.2, 0) is 0 Å². The molecule has 7 heteroatoms. The average molecular weight is 333 g/mol. The van der Waals surface area contributed by atoms with E-state index < -0.39 is 5.97 Å². The zero-order chi connectivity index (χ0) is 15.9. The van der Waals surface area contributed by atoms with Crippen molar-refractivity contribution in [2.45, 2.75) is 0 Å². The lowest BCUT2D eigenvalue weighted by molar-refractivity contribution is 0.0697. The number of nitrogens with zero attached hydrogens (tertiary/aromatic N) is 1. The normalized spacial score (nSPS) is 10.8. The Morgan fingerprint density at radius 3 is 2.50 bits per heavy atom. The highest BCUT2D eigenvalue weighted by atomic mass is 35.5. The summed E-state index contributed by atoms with van der Waals surface area (Å²) in [6, 6.07) is 10.8. The van der Waals surface area contributed by atoms with Gasteiger partial charge in [-0.15, -0.1) is 0 Å². The Kier molecular flexibility index (Phi) is 3.56. The predicted molar refractivity (Wildman–Crippen MR) is 86.7 cm³/mol. The minimum absolute atomic E-state index is 0.138. The van der Waals surface area contributed by atoms with Gasteiger partial charge in [0, 0.05) is 5.02 Å². The number of aromatic amines is 1. The molecular weight excluding hydrogens is 324 g/mol. The molecule has 3 aromatic rings. The fourth-order valence-electron chi connectivity index (χ4n) is 2.18. The van der Waals surface area contributed by atoms with E-state index in [9.17, 15) is 9.59 Å². The summed E-state index contributed by atoms with van der Waals surface area (Å²) in [5, 5.41) is 9.86. The standard InChI is InChI=1S/C15H9ClN2O3S/c16-9-3-6-11-12(7-9)17-15(22)18(13(11)19)10-4-1-8(2-5-10)14(20)21/h1-7H,(H,17,22)(H,20,21). The van der Waals surface area contributed by atoms with Crippen molar-refractivity contribution in [3.8, 4) is 5.69 Å². The third-order valence-electron chi connectivity index (χ3n) is 3.23. The van der Waals surface area contributed by atoms with E-state index >= 15 is 0 Å². The maximum atomic E-state index is 12.6. The van der Waals surface area contributed by atoms with Gasteiger partial charge in [0.25, 0.3) is 5.56 Å². The monoisotopic (exact) mass is 332 g/mol. The van der Waals surface area contributed by atoms with E-state index in [1.54, 1.807) is 18.2 Å². The summed E-state index contributed by atoms with van der Waals surface area (Å²) >= 11 is 11.1. The van der Waals surface area contributed by atoms with Crippen LogP contribution in [0.15, 0.2) is 47.3 Å². The number of hydrogen-bond donors (Lipinski definition) is 2. The van der Waals surface area contributed by atoms with Gasteiger partial charge in [0.2, 0.25) is 0 Å². The second kappa shape index (κ2) is 5.40. The number of halogens is 1. The highest BCUT2D eigenvalue weighted by Gasteiger charge is 2.09. The van der Waals surface area contributed by atoms with E-state index in [1.807, 2.05) is 0 Å². The van der Waals surface area contributed by atoms with Gasteiger partial charge in [-0.1, -0.05) is 11.6 Å². The average Bonchev–Trinajstić information content (AvgIpc) is 2.47. The maximum absolute atomic E-state index is 12.6. The van der Waals surface area contributed by atoms with Crippen LogP contribution in [-0.4, -0.2) is 20.6 Å². The Morgan fingerprint density at radius 1 is 1.18 bits per heavy atom. The number of rotatable bonds is 2. The molecule has 0 saturated heterocycles. The fraction of sp³-hybridized carbons (Fsp3) is 0. The molecule has 1 heterocycles. The molecule has 22 heavy (non-hydrogen) atoms. The molecule has 0 aliphatic carbocycles. The van der Waals surface area contributed by atoms with Crippen LogP contribution in [0.4, 0.5) is 0 Å². The molecule has 0 spiro atoms. The number of hydrogen-bond acceptors (Lipinski definition) is 3. The molecule has 0 saturated carbocycles. The lowest BCUT2D eigenvalue weighted by Gasteiger charge is -2.08. The van der Waals surface area contributed by atoms with E-state index in [4.69, 9.17) is 28.9 Å². The molecule has 0 bridgehead atoms. The van der Waals surface area contributed by atoms with Crippen LogP contribution in [0.3, 0.4) is 0 Å². The Balaban J connectivity index is 2.27. The Labute approximate surface area is 134 Å². The SMILES string of the molecule is O=C(O)c1ccc(-n2c(=S)[nH]c3cc(Cl)ccc3c2=O)cc1. The molecule has 0 amide bonds. The van der Waals surface area contributed by atoms with Crippen molar-refractivity contribution < 1.29 is 9.90 Å². The van der Waals surface area contributed by atoms with Crippen LogP contribution in [0.25, 0.3) is 16.6 Å². The van der Waals surface area contributed by atoms with E-state index in [0.29, 0.717) is 21.6 Å². The predicted octanol–water partition coefficient (Wildman–Crippen LogP) is 3.40. The van der Waals surface area contributed by atoms with E-state index in [0.717, 1.165) is 0 Å². The molecule has 0 radical (unpaired) electrons. The molecule has 0 unspecified atom stereocenters. The largest absolute Gasteiger partial charge is 0.478 e. The molecule has 0 fully saturated rings. The molecule has 3 rings (SSSR count). The number of benzene rings is 2. The summed E-state index contributed by atoms with van der Waals surface area (Å²) in [4.78, 5) is 26.4. The Morgan fingerprint density at radius 2 is 1.86 bits per heavy atom. The summed E-state index contributed by atoms with van der Waals surface area (Å²) in [6.45, 7) is 0. The number of carbonyl (C=O) groups is 1. The Hall–Kier alpha value is -2.44. The molecule has 2 N–H and O–H groups in total. The zero-order valence-electron chi connectivity index (χ0n) is 11.0. The first-order chi connectivity index (χ1) is 10.5. The van der Waals surface area contributed by atoms with Crippen molar-refractivity contribution >= 4 is 40.7 Å². The first-order valence-corrected chi connectivity index (χ1v) is 7.04. The van der Waals surface area contributed by atoms with Gasteiger partial charge < -0.3 is 10.1 Å². The smallest absolute Gasteiger partial charge is 0.335 e. The van der Waals surface area contributed by atoms with E-state index in [2.05, 4.69) is 4.98 Å². The number of carboxylic acid groups (broad SMARTS) is 1. The minimum atomic E-state index is -1.03. The van der Waals surface area contributed by atoms with E-state index in [-0.39, 0.29) is 15.9 Å². The highest BCUT2D eigenvalue weighted by molar-refractivity contribution is 7.71. The van der Waals surface area contributed by atoms with Crippen molar-refractivity contribution in [3.63, 3.8) is 0 Å². The summed E-state index contributed by atoms with van der Waals surface area (Å²) < 4.78 is 1.53. The summed E-state index contributed by atoms with van der Waals surface area (Å²) in [7, 11) is 0. The van der Waals surface area contributed by atoms with Crippen LogP contribution >= 0.6 is 23.8 Å². The number of H-pyrrole nitrogens is 1. The second-order valence-electron chi connectivity index (χ2n) is 4.61. The van der Waals surface area contributed by atoms with Crippen LogP contribution in [0.1, 0.15) is 10.4 Å². The molecule has 0 aliphatic heterocycles. The summed E-state index contributed by atoms with van der Waals surface area (Å²) in [5.74, 6) is -1.03. The topological polar surface area (TPSA) is 75.1 Å². The summed E-state index contributed by atoms with van der Waals surface area (Å²) in [5.41, 5.74) is 0.895. The van der Waals surface area contributed by atoms with Crippen molar-refractivity contribution in [1.82, 2.24) is 9.55 Å². The third kappa shape index (κ3) is 2.43. The second-order valence-corrected chi connectivity index (χ2v) is 5.44. The number of aromatic carboxylic acids is 1. The molecule has 5 nitrogen and oxygen atoms in total. The highest BCUT2D eigenvalue weighted by Crippen LogP contribution is 2.16. The molecule has 0 atom stereocenters. The fourth-order valence-corrected chi connectivity index (χ4v) is 2.65. The van der Waals surface area contributed by atoms with Crippen molar-refractivity contribution in [2.75, 3.05) is 0 Å². The van der Waals surface area contributed by atoms with Gasteiger partial charge in [0.1, 0.15) is 0 Å². The lowest BCUT2D eigenvalue weighted by atomic mass is 10.2. The van der Waals surface area contributed by atoms with Crippen LogP contribution in [0.5, 0.6) is 0 Å². The number of fused-ring (bicyclic) bond motifs is 1. The number of aromatic nitrogens is 2. The quantitative estimate of drug-likeness (QED) is 0.705. The Bertz CT molecular complexity index is 1010. The van der Waals surface area contributed by atoms with Crippen LogP contribution in [0.2, 0.25) is 5.02 Å². The molecule has 0 aliphatic rings. The number of carboxylic acids is 1. The van der Waals surface area contributed by atoms with Gasteiger partial charge in [-0.25, -0.2) is 4.79 Å². The van der Waals surface area contributed by atoms with Gasteiger partial charge in [-0.05, 0) is 54.7 Å². The zero-order valence-corrected chi connectivity index (χ0v) is 12.6. The van der Waals surface area contributed by atoms with Gasteiger partial charge in [0.05, 0.1) is 22.2 Å². The van der Waals surface area contributed by atoms with Crippen LogP contribution < -0.4 is 5.56 Å². The molecule has 110 valence electrons. The van der Waals surface area contributed by atoms with Crippen molar-refractivity contribution in [2.24, 2.45) is 0 Å². The van der Waals surface area contributed by atoms with Gasteiger partial charge in [-0.2, -0.15) is 0 Å². The minimum Gasteiger partial charge on any atom is -0.478 e. The number of nitrogens with one attached hydrogen (secondary N) is 1. The van der Waals surface area contributed by atoms with Gasteiger partial charge >= 0.3 is 5.97 Å². The molecule has 2 aromatic carbocycles. The van der Waals surface area contributed by atoms with Gasteiger partial charge in [0.15, 0.2) is 4.77 Å². The first-order valence-electron chi connectivity index (χ1n) is 6.26. The lowest BCUT2D eigenvalue weighted by Crippen LogP contribution is -2.20. The summed E-state index contributed by atoms with van der Waals surface area (Å²) in [6.07, 6.45) is 0. The third-order valence-corrected chi connectivity index (χ3v) is 3.75. The van der Waals surface area contributed by atoms with E-state index in [1.165, 1.54) is 28.8 Å². The van der Waals surface area contributed by atoms with Gasteiger partial charge in [-0.3, -0.25) is 9.36 Å². The molecular formula is C15H9ClN2O3S. The first kappa shape index (κ1) is 14.5.